The van der Waals surface area contributed by atoms with Gasteiger partial charge in [-0.15, -0.1) is 0 Å². The van der Waals surface area contributed by atoms with Crippen molar-refractivity contribution in [3.05, 3.63) is 0 Å². The SMILES string of the molecule is CCCCCC(=O)OCCOCCOCCO[Si](C)(C)C. The Bertz CT molecular complexity index is 253. The molecule has 0 aromatic heterocycles. The zero-order valence-corrected chi connectivity index (χ0v) is 15.1. The molecule has 0 spiro atoms. The van der Waals surface area contributed by atoms with Crippen LogP contribution in [0.2, 0.25) is 19.6 Å². The van der Waals surface area contributed by atoms with Gasteiger partial charge in [0.05, 0.1) is 33.0 Å². The molecule has 0 heterocycles. The average molecular weight is 321 g/mol. The Morgan fingerprint density at radius 1 is 0.857 bits per heavy atom. The predicted molar refractivity (Wildman–Crippen MR) is 86.0 cm³/mol. The van der Waals surface area contributed by atoms with Crippen LogP contribution in [0.15, 0.2) is 0 Å². The van der Waals surface area contributed by atoms with Crippen LogP contribution in [-0.4, -0.2) is 53.9 Å². The van der Waals surface area contributed by atoms with E-state index in [1.165, 1.54) is 0 Å². The Labute approximate surface area is 130 Å². The molecule has 6 heteroatoms. The molecule has 0 aromatic carbocycles. The zero-order valence-electron chi connectivity index (χ0n) is 14.1. The lowest BCUT2D eigenvalue weighted by Crippen LogP contribution is -2.27. The van der Waals surface area contributed by atoms with Gasteiger partial charge in [-0.05, 0) is 26.1 Å². The monoisotopic (exact) mass is 320 g/mol. The third-order valence-electron chi connectivity index (χ3n) is 2.61. The van der Waals surface area contributed by atoms with E-state index in [4.69, 9.17) is 18.6 Å². The Morgan fingerprint density at radius 3 is 2.00 bits per heavy atom. The first kappa shape index (κ1) is 20.6. The average Bonchev–Trinajstić information content (AvgIpc) is 2.40. The summed E-state index contributed by atoms with van der Waals surface area (Å²) in [4.78, 5) is 11.3. The molecule has 126 valence electrons. The first-order valence-corrected chi connectivity index (χ1v) is 11.3. The van der Waals surface area contributed by atoms with Crippen LogP contribution in [0.4, 0.5) is 0 Å². The van der Waals surface area contributed by atoms with Gasteiger partial charge in [-0.2, -0.15) is 0 Å². The molecule has 0 N–H and O–H groups in total. The van der Waals surface area contributed by atoms with Crippen LogP contribution in [0, 0.1) is 0 Å². The van der Waals surface area contributed by atoms with Crippen molar-refractivity contribution in [2.75, 3.05) is 39.6 Å². The van der Waals surface area contributed by atoms with E-state index in [0.717, 1.165) is 19.3 Å². The van der Waals surface area contributed by atoms with Crippen molar-refractivity contribution in [1.29, 1.82) is 0 Å². The summed E-state index contributed by atoms with van der Waals surface area (Å²) in [5, 5.41) is 0. The predicted octanol–water partition coefficient (Wildman–Crippen LogP) is 2.99. The molecule has 0 saturated carbocycles. The Hall–Kier alpha value is -0.433. The van der Waals surface area contributed by atoms with E-state index >= 15 is 0 Å². The van der Waals surface area contributed by atoms with Crippen molar-refractivity contribution in [1.82, 2.24) is 0 Å². The van der Waals surface area contributed by atoms with Gasteiger partial charge in [0.15, 0.2) is 8.32 Å². The maximum atomic E-state index is 11.3. The molecule has 0 aliphatic rings. The highest BCUT2D eigenvalue weighted by molar-refractivity contribution is 6.69. The van der Waals surface area contributed by atoms with E-state index in [9.17, 15) is 4.79 Å². The van der Waals surface area contributed by atoms with Crippen LogP contribution < -0.4 is 0 Å². The number of unbranched alkanes of at least 4 members (excludes halogenated alkanes) is 2. The van der Waals surface area contributed by atoms with Crippen LogP contribution in [0.1, 0.15) is 32.6 Å². The number of hydrogen-bond donors (Lipinski definition) is 0. The smallest absolute Gasteiger partial charge is 0.305 e. The van der Waals surface area contributed by atoms with Crippen LogP contribution in [0.25, 0.3) is 0 Å². The van der Waals surface area contributed by atoms with Crippen molar-refractivity contribution in [3.8, 4) is 0 Å². The lowest BCUT2D eigenvalue weighted by atomic mass is 10.2. The van der Waals surface area contributed by atoms with Crippen molar-refractivity contribution in [3.63, 3.8) is 0 Å². The van der Waals surface area contributed by atoms with Crippen molar-refractivity contribution in [2.24, 2.45) is 0 Å². The van der Waals surface area contributed by atoms with Gasteiger partial charge in [0.1, 0.15) is 6.61 Å². The second kappa shape index (κ2) is 13.2. The number of hydrogen-bond acceptors (Lipinski definition) is 5. The molecule has 0 rings (SSSR count). The van der Waals surface area contributed by atoms with Gasteiger partial charge in [-0.3, -0.25) is 4.79 Å². The third kappa shape index (κ3) is 17.5. The summed E-state index contributed by atoms with van der Waals surface area (Å²) in [5.41, 5.74) is 0. The fourth-order valence-corrected chi connectivity index (χ4v) is 2.23. The normalized spacial score (nSPS) is 11.6. The number of rotatable bonds is 14. The third-order valence-corrected chi connectivity index (χ3v) is 3.68. The summed E-state index contributed by atoms with van der Waals surface area (Å²) in [6.45, 7) is 11.6. The topological polar surface area (TPSA) is 54.0 Å². The van der Waals surface area contributed by atoms with Gasteiger partial charge in [0.25, 0.3) is 0 Å². The fourth-order valence-electron chi connectivity index (χ4n) is 1.53. The molecule has 0 saturated heterocycles. The zero-order chi connectivity index (χ0) is 16.0. The summed E-state index contributed by atoms with van der Waals surface area (Å²) in [5.74, 6) is -0.133. The molecular formula is C15H32O5Si. The maximum absolute atomic E-state index is 11.3. The standard InChI is InChI=1S/C15H32O5Si/c1-5-6-7-8-15(16)19-13-11-17-9-10-18-12-14-20-21(2,3)4/h5-14H2,1-4H3. The minimum Gasteiger partial charge on any atom is -0.463 e. The minimum atomic E-state index is -1.43. The van der Waals surface area contributed by atoms with E-state index in [-0.39, 0.29) is 5.97 Å². The van der Waals surface area contributed by atoms with E-state index in [0.29, 0.717) is 46.1 Å². The molecule has 0 radical (unpaired) electrons. The number of carbonyl (C=O) groups is 1. The number of carbonyl (C=O) groups excluding carboxylic acids is 1. The van der Waals surface area contributed by atoms with Crippen LogP contribution >= 0.6 is 0 Å². The van der Waals surface area contributed by atoms with Crippen LogP contribution in [0.3, 0.4) is 0 Å². The highest BCUT2D eigenvalue weighted by Gasteiger charge is 2.12. The summed E-state index contributed by atoms with van der Waals surface area (Å²) in [7, 11) is -1.43. The molecule has 0 fully saturated rings. The summed E-state index contributed by atoms with van der Waals surface area (Å²) in [6, 6.07) is 0. The van der Waals surface area contributed by atoms with Crippen LogP contribution in [-0.2, 0) is 23.4 Å². The van der Waals surface area contributed by atoms with E-state index in [1.807, 2.05) is 0 Å². The molecule has 0 bridgehead atoms. The van der Waals surface area contributed by atoms with Crippen molar-refractivity contribution in [2.45, 2.75) is 52.2 Å². The van der Waals surface area contributed by atoms with Gasteiger partial charge >= 0.3 is 5.97 Å². The van der Waals surface area contributed by atoms with Gasteiger partial charge < -0.3 is 18.6 Å². The summed E-state index contributed by atoms with van der Waals surface area (Å²) >= 11 is 0. The molecule has 0 aromatic rings. The highest BCUT2D eigenvalue weighted by atomic mass is 28.4. The Kier molecular flexibility index (Phi) is 13.0. The Morgan fingerprint density at radius 2 is 1.43 bits per heavy atom. The maximum Gasteiger partial charge on any atom is 0.305 e. The molecular weight excluding hydrogens is 288 g/mol. The first-order valence-electron chi connectivity index (χ1n) is 7.91. The molecule has 0 atom stereocenters. The van der Waals surface area contributed by atoms with E-state index < -0.39 is 8.32 Å². The van der Waals surface area contributed by atoms with E-state index in [1.54, 1.807) is 0 Å². The van der Waals surface area contributed by atoms with Crippen molar-refractivity contribution >= 4 is 14.3 Å². The fraction of sp³-hybridized carbons (Fsp3) is 0.933. The van der Waals surface area contributed by atoms with E-state index in [2.05, 4.69) is 26.6 Å². The van der Waals surface area contributed by atoms with Gasteiger partial charge in [-0.25, -0.2) is 0 Å². The second-order valence-corrected chi connectivity index (χ2v) is 10.4. The minimum absolute atomic E-state index is 0.133. The number of esters is 1. The van der Waals surface area contributed by atoms with Gasteiger partial charge in [0, 0.05) is 6.42 Å². The molecule has 0 unspecified atom stereocenters. The van der Waals surface area contributed by atoms with Crippen molar-refractivity contribution < 1.29 is 23.4 Å². The lowest BCUT2D eigenvalue weighted by molar-refractivity contribution is -0.145. The Balaban J connectivity index is 3.17. The summed E-state index contributed by atoms with van der Waals surface area (Å²) in [6.07, 6.45) is 3.60. The number of ether oxygens (including phenoxy) is 3. The molecule has 0 amide bonds. The van der Waals surface area contributed by atoms with Gasteiger partial charge in [-0.1, -0.05) is 19.8 Å². The molecule has 0 aliphatic heterocycles. The highest BCUT2D eigenvalue weighted by Crippen LogP contribution is 2.01. The van der Waals surface area contributed by atoms with Gasteiger partial charge in [0.2, 0.25) is 0 Å². The van der Waals surface area contributed by atoms with Crippen LogP contribution in [0.5, 0.6) is 0 Å². The second-order valence-electron chi connectivity index (χ2n) is 5.86. The quantitative estimate of drug-likeness (QED) is 0.280. The molecule has 0 aliphatic carbocycles. The molecule has 5 nitrogen and oxygen atoms in total. The lowest BCUT2D eigenvalue weighted by Gasteiger charge is -2.16. The largest absolute Gasteiger partial charge is 0.463 e. The molecule has 21 heavy (non-hydrogen) atoms. The summed E-state index contributed by atoms with van der Waals surface area (Å²) < 4.78 is 21.4. The first-order chi connectivity index (χ1) is 9.95.